The van der Waals surface area contributed by atoms with Crippen LogP contribution in [0.25, 0.3) is 0 Å². The lowest BCUT2D eigenvalue weighted by Gasteiger charge is -2.10. The number of benzene rings is 1. The van der Waals surface area contributed by atoms with Crippen molar-refractivity contribution in [1.29, 1.82) is 0 Å². The van der Waals surface area contributed by atoms with Gasteiger partial charge in [-0.1, -0.05) is 15.9 Å². The molecule has 0 spiro atoms. The highest BCUT2D eigenvalue weighted by Gasteiger charge is 2.26. The third-order valence-corrected chi connectivity index (χ3v) is 3.39. The zero-order chi connectivity index (χ0) is 16.2. The highest BCUT2D eigenvalue weighted by Crippen LogP contribution is 2.33. The highest BCUT2D eigenvalue weighted by molar-refractivity contribution is 9.10. The molecular weight excluding hydrogens is 348 g/mol. The Hall–Kier alpha value is -2.23. The van der Waals surface area contributed by atoms with Gasteiger partial charge in [-0.05, 0) is 13.0 Å². The molecule has 1 aromatic rings. The lowest BCUT2D eigenvalue weighted by atomic mass is 10.0. The van der Waals surface area contributed by atoms with Gasteiger partial charge in [0.05, 0.1) is 20.7 Å². The maximum absolute atomic E-state index is 11.0. The van der Waals surface area contributed by atoms with Crippen LogP contribution in [0.1, 0.15) is 5.56 Å². The molecule has 21 heavy (non-hydrogen) atoms. The Kier molecular flexibility index (Phi) is 5.59. The Labute approximate surface area is 127 Å². The fourth-order valence-corrected chi connectivity index (χ4v) is 2.03. The number of carbonyl (C=O) groups is 1. The van der Waals surface area contributed by atoms with Crippen LogP contribution in [0.3, 0.4) is 0 Å². The maximum Gasteiger partial charge on any atom is 0.299 e. The zero-order valence-electron chi connectivity index (χ0n) is 10.7. The van der Waals surface area contributed by atoms with Crippen LogP contribution in [0.5, 0.6) is 0 Å². The third-order valence-electron chi connectivity index (χ3n) is 2.61. The summed E-state index contributed by atoms with van der Waals surface area (Å²) in [5.41, 5.74) is 4.47. The minimum atomic E-state index is -0.815. The van der Waals surface area contributed by atoms with Crippen molar-refractivity contribution in [2.75, 3.05) is 11.9 Å². The number of nitrogens with one attached hydrogen (secondary N) is 1. The number of rotatable bonds is 7. The van der Waals surface area contributed by atoms with Crippen LogP contribution < -0.4 is 11.1 Å². The molecular formula is C11H12BrN4O5. The summed E-state index contributed by atoms with van der Waals surface area (Å²) in [7, 11) is 0. The molecule has 0 aliphatic rings. The second kappa shape index (κ2) is 6.97. The van der Waals surface area contributed by atoms with Gasteiger partial charge in [-0.2, -0.15) is 0 Å². The lowest BCUT2D eigenvalue weighted by molar-refractivity contribution is -0.394. The molecule has 0 aliphatic heterocycles. The summed E-state index contributed by atoms with van der Waals surface area (Å²) in [6.07, 6.45) is -0.0601. The van der Waals surface area contributed by atoms with Crippen molar-refractivity contribution in [1.82, 2.24) is 0 Å². The van der Waals surface area contributed by atoms with Crippen LogP contribution in [-0.2, 0) is 11.2 Å². The van der Waals surface area contributed by atoms with Crippen LogP contribution in [0.15, 0.2) is 12.1 Å². The highest BCUT2D eigenvalue weighted by atomic mass is 79.9. The first-order valence-electron chi connectivity index (χ1n) is 5.70. The SMILES string of the molecule is [CH2]CNc1cc(CC(Br)C(N)=O)c([N+](=O)[O-])cc1[N+](=O)[O-]. The normalized spacial score (nSPS) is 11.7. The average molecular weight is 360 g/mol. The van der Waals surface area contributed by atoms with Gasteiger partial charge in [0.25, 0.3) is 11.4 Å². The van der Waals surface area contributed by atoms with E-state index in [0.29, 0.717) is 0 Å². The van der Waals surface area contributed by atoms with E-state index in [0.717, 1.165) is 6.07 Å². The van der Waals surface area contributed by atoms with Crippen LogP contribution in [0.2, 0.25) is 0 Å². The summed E-state index contributed by atoms with van der Waals surface area (Å²) in [6, 6.07) is 2.12. The van der Waals surface area contributed by atoms with E-state index in [1.165, 1.54) is 6.07 Å². The van der Waals surface area contributed by atoms with E-state index in [1.54, 1.807) is 0 Å². The van der Waals surface area contributed by atoms with Crippen molar-refractivity contribution in [3.05, 3.63) is 44.8 Å². The maximum atomic E-state index is 11.0. The fraction of sp³-hybridized carbons (Fsp3) is 0.273. The minimum Gasteiger partial charge on any atom is -0.379 e. The third kappa shape index (κ3) is 4.12. The molecule has 1 atom stereocenters. The summed E-state index contributed by atoms with van der Waals surface area (Å²) in [6.45, 7) is 3.67. The second-order valence-corrected chi connectivity index (χ2v) is 5.12. The summed E-state index contributed by atoms with van der Waals surface area (Å²) in [4.78, 5) is 30.7. The van der Waals surface area contributed by atoms with Crippen LogP contribution in [-0.4, -0.2) is 27.1 Å². The number of nitro groups is 2. The molecule has 0 fully saturated rings. The van der Waals surface area contributed by atoms with Crippen LogP contribution in [0.4, 0.5) is 17.1 Å². The van der Waals surface area contributed by atoms with E-state index in [2.05, 4.69) is 28.2 Å². The average Bonchev–Trinajstić information content (AvgIpc) is 2.38. The largest absolute Gasteiger partial charge is 0.379 e. The Bertz CT molecular complexity index is 592. The van der Waals surface area contributed by atoms with E-state index in [4.69, 9.17) is 5.73 Å². The van der Waals surface area contributed by atoms with Crippen molar-refractivity contribution >= 4 is 38.9 Å². The summed E-state index contributed by atoms with van der Waals surface area (Å²) in [5, 5.41) is 24.6. The quantitative estimate of drug-likeness (QED) is 0.429. The van der Waals surface area contributed by atoms with Gasteiger partial charge in [-0.25, -0.2) is 0 Å². The molecule has 0 saturated heterocycles. The predicted octanol–water partition coefficient (Wildman–Crippen LogP) is 1.54. The van der Waals surface area contributed by atoms with Crippen LogP contribution in [0, 0.1) is 27.2 Å². The van der Waals surface area contributed by atoms with Gasteiger partial charge >= 0.3 is 0 Å². The summed E-state index contributed by atoms with van der Waals surface area (Å²) < 4.78 is 0. The number of alkyl halides is 1. The van der Waals surface area contributed by atoms with Gasteiger partial charge in [-0.15, -0.1) is 0 Å². The molecule has 0 aliphatic carbocycles. The molecule has 0 bridgehead atoms. The number of nitrogens with zero attached hydrogens (tertiary/aromatic N) is 2. The van der Waals surface area contributed by atoms with Crippen molar-refractivity contribution in [2.24, 2.45) is 5.73 Å². The molecule has 1 rings (SSSR count). The predicted molar refractivity (Wildman–Crippen MR) is 79.2 cm³/mol. The van der Waals surface area contributed by atoms with E-state index in [9.17, 15) is 25.0 Å². The number of anilines is 1. The lowest BCUT2D eigenvalue weighted by Crippen LogP contribution is -2.25. The van der Waals surface area contributed by atoms with Crippen LogP contribution >= 0.6 is 15.9 Å². The first-order valence-corrected chi connectivity index (χ1v) is 6.61. The van der Waals surface area contributed by atoms with Gasteiger partial charge in [0, 0.05) is 18.5 Å². The van der Waals surface area contributed by atoms with E-state index >= 15 is 0 Å². The summed E-state index contributed by atoms with van der Waals surface area (Å²) >= 11 is 3.01. The number of carbonyl (C=O) groups excluding carboxylic acids is 1. The van der Waals surface area contributed by atoms with Crippen molar-refractivity contribution in [3.8, 4) is 0 Å². The zero-order valence-corrected chi connectivity index (χ0v) is 12.3. The first kappa shape index (κ1) is 16.8. The van der Waals surface area contributed by atoms with Gasteiger partial charge in [-0.3, -0.25) is 25.0 Å². The Morgan fingerprint density at radius 2 is 1.90 bits per heavy atom. The number of amides is 1. The topological polar surface area (TPSA) is 141 Å². The number of primary amides is 1. The number of nitro benzene ring substituents is 2. The molecule has 3 N–H and O–H groups in total. The standard InChI is InChI=1S/C11H12BrN4O5/c1-2-14-8-4-6(3-7(12)11(13)17)9(15(18)19)5-10(8)16(20)21/h4-5,7,14H,1-3H2,(H2,13,17). The van der Waals surface area contributed by atoms with Crippen molar-refractivity contribution in [2.45, 2.75) is 11.2 Å². The van der Waals surface area contributed by atoms with Gasteiger partial charge < -0.3 is 11.1 Å². The van der Waals surface area contributed by atoms with E-state index in [1.807, 2.05) is 0 Å². The Balaban J connectivity index is 3.39. The molecule has 10 heteroatoms. The van der Waals surface area contributed by atoms with E-state index < -0.39 is 32.0 Å². The minimum absolute atomic E-state index is 0.0601. The molecule has 1 amide bonds. The van der Waals surface area contributed by atoms with Gasteiger partial charge in [0.2, 0.25) is 5.91 Å². The number of hydrogen-bond acceptors (Lipinski definition) is 6. The fourth-order valence-electron chi connectivity index (χ4n) is 1.68. The molecule has 1 unspecified atom stereocenters. The Morgan fingerprint density at radius 3 is 2.33 bits per heavy atom. The molecule has 1 radical (unpaired) electrons. The molecule has 0 heterocycles. The van der Waals surface area contributed by atoms with E-state index in [-0.39, 0.29) is 24.2 Å². The molecule has 113 valence electrons. The Morgan fingerprint density at radius 1 is 1.33 bits per heavy atom. The molecule has 0 saturated carbocycles. The number of nitrogens with two attached hydrogens (primary N) is 1. The molecule has 1 aromatic carbocycles. The first-order chi connectivity index (χ1) is 9.77. The van der Waals surface area contributed by atoms with Gasteiger partial charge in [0.15, 0.2) is 0 Å². The van der Waals surface area contributed by atoms with Crippen molar-refractivity contribution < 1.29 is 14.6 Å². The number of halogens is 1. The molecule has 9 nitrogen and oxygen atoms in total. The second-order valence-electron chi connectivity index (χ2n) is 4.01. The monoisotopic (exact) mass is 359 g/mol. The van der Waals surface area contributed by atoms with Gasteiger partial charge in [0.1, 0.15) is 5.69 Å². The van der Waals surface area contributed by atoms with Crippen molar-refractivity contribution in [3.63, 3.8) is 0 Å². The molecule has 0 aromatic heterocycles. The smallest absolute Gasteiger partial charge is 0.299 e. The summed E-state index contributed by atoms with van der Waals surface area (Å²) in [5.74, 6) is -0.686. The number of hydrogen-bond donors (Lipinski definition) is 2.